The van der Waals surface area contributed by atoms with Gasteiger partial charge in [-0.15, -0.1) is 0 Å². The molecule has 3 rings (SSSR count). The zero-order valence-corrected chi connectivity index (χ0v) is 16.1. The van der Waals surface area contributed by atoms with E-state index in [1.165, 1.54) is 0 Å². The number of rotatable bonds is 3. The number of aromatic nitrogens is 2. The summed E-state index contributed by atoms with van der Waals surface area (Å²) in [4.78, 5) is 18.9. The van der Waals surface area contributed by atoms with Crippen LogP contribution in [-0.4, -0.2) is 36.1 Å². The van der Waals surface area contributed by atoms with Gasteiger partial charge in [-0.3, -0.25) is 4.40 Å². The number of carbonyl (C=O) groups excluding carboxylic acids is 1. The normalized spacial score (nSPS) is 11.2. The monoisotopic (exact) mass is 439 g/mol. The second kappa shape index (κ2) is 6.13. The maximum atomic E-state index is 12.2. The van der Waals surface area contributed by atoms with Crippen molar-refractivity contribution in [3.8, 4) is 0 Å². The summed E-state index contributed by atoms with van der Waals surface area (Å²) in [6.07, 6.45) is 0. The Morgan fingerprint density at radius 3 is 2.65 bits per heavy atom. The molecule has 3 aromatic rings. The number of anilines is 1. The predicted octanol–water partition coefficient (Wildman–Crippen LogP) is 4.26. The largest absolute Gasteiger partial charge is 0.462 e. The first-order valence-electron chi connectivity index (χ1n) is 7.08. The topological polar surface area (TPSA) is 46.8 Å². The first kappa shape index (κ1) is 16.3. The van der Waals surface area contributed by atoms with Gasteiger partial charge < -0.3 is 9.64 Å². The molecule has 0 saturated carbocycles. The highest BCUT2D eigenvalue weighted by atomic mass is 79.9. The second-order valence-corrected chi connectivity index (χ2v) is 6.92. The lowest BCUT2D eigenvalue weighted by Gasteiger charge is -2.15. The van der Waals surface area contributed by atoms with Crippen LogP contribution >= 0.6 is 31.9 Å². The zero-order valence-electron chi connectivity index (χ0n) is 12.9. The van der Waals surface area contributed by atoms with Gasteiger partial charge in [-0.2, -0.15) is 0 Å². The van der Waals surface area contributed by atoms with E-state index in [0.29, 0.717) is 16.8 Å². The molecular formula is C16H15Br2N3O2. The Morgan fingerprint density at radius 2 is 2.00 bits per heavy atom. The van der Waals surface area contributed by atoms with Gasteiger partial charge in [-0.1, -0.05) is 15.9 Å². The molecule has 2 heterocycles. The molecule has 0 bridgehead atoms. The minimum atomic E-state index is -0.351. The van der Waals surface area contributed by atoms with E-state index in [2.05, 4.69) is 31.9 Å². The Kier molecular flexibility index (Phi) is 4.33. The number of fused-ring (bicyclic) bond motifs is 3. The molecule has 0 unspecified atom stereocenters. The van der Waals surface area contributed by atoms with Crippen LogP contribution in [0.1, 0.15) is 17.3 Å². The summed E-state index contributed by atoms with van der Waals surface area (Å²) in [5, 5.41) is 0. The average Bonchev–Trinajstić information content (AvgIpc) is 2.84. The van der Waals surface area contributed by atoms with Crippen LogP contribution in [0.2, 0.25) is 0 Å². The molecular weight excluding hydrogens is 426 g/mol. The SMILES string of the molecule is CCOC(=O)c1cc2c(N(C)C)nc3ccc(Br)cc3n2c1Br. The predicted molar refractivity (Wildman–Crippen MR) is 98.4 cm³/mol. The summed E-state index contributed by atoms with van der Waals surface area (Å²) in [6.45, 7) is 2.13. The molecule has 0 aliphatic rings. The third kappa shape index (κ3) is 2.72. The highest BCUT2D eigenvalue weighted by Gasteiger charge is 2.21. The number of carbonyl (C=O) groups is 1. The molecule has 7 heteroatoms. The third-order valence-electron chi connectivity index (χ3n) is 3.49. The van der Waals surface area contributed by atoms with Crippen molar-refractivity contribution in [2.45, 2.75) is 6.92 Å². The van der Waals surface area contributed by atoms with Crippen molar-refractivity contribution in [3.63, 3.8) is 0 Å². The van der Waals surface area contributed by atoms with Crippen molar-refractivity contribution >= 4 is 60.2 Å². The van der Waals surface area contributed by atoms with Gasteiger partial charge in [-0.25, -0.2) is 9.78 Å². The van der Waals surface area contributed by atoms with Crippen LogP contribution in [0.3, 0.4) is 0 Å². The number of halogens is 2. The minimum absolute atomic E-state index is 0.336. The van der Waals surface area contributed by atoms with Gasteiger partial charge in [0.25, 0.3) is 0 Å². The molecule has 5 nitrogen and oxygen atoms in total. The highest BCUT2D eigenvalue weighted by Crippen LogP contribution is 2.33. The van der Waals surface area contributed by atoms with Crippen LogP contribution < -0.4 is 4.90 Å². The van der Waals surface area contributed by atoms with Gasteiger partial charge in [0.2, 0.25) is 0 Å². The number of hydrogen-bond donors (Lipinski definition) is 0. The smallest absolute Gasteiger partial charge is 0.340 e. The molecule has 0 atom stereocenters. The van der Waals surface area contributed by atoms with Crippen LogP contribution in [0.4, 0.5) is 5.82 Å². The first-order valence-corrected chi connectivity index (χ1v) is 8.67. The summed E-state index contributed by atoms with van der Waals surface area (Å²) in [7, 11) is 3.86. The summed E-state index contributed by atoms with van der Waals surface area (Å²) in [5.41, 5.74) is 3.08. The molecule has 0 aliphatic carbocycles. The van der Waals surface area contributed by atoms with Crippen molar-refractivity contribution in [1.29, 1.82) is 0 Å². The molecule has 0 spiro atoms. The van der Waals surface area contributed by atoms with Crippen LogP contribution in [0.5, 0.6) is 0 Å². The standard InChI is InChI=1S/C16H15Br2N3O2/c1-4-23-16(22)10-8-13-15(20(2)3)19-11-6-5-9(17)7-12(11)21(13)14(10)18/h5-8H,4H2,1-3H3. The van der Waals surface area contributed by atoms with Gasteiger partial charge in [-0.05, 0) is 47.1 Å². The van der Waals surface area contributed by atoms with E-state index >= 15 is 0 Å². The van der Waals surface area contributed by atoms with Crippen LogP contribution in [0.25, 0.3) is 16.6 Å². The maximum Gasteiger partial charge on any atom is 0.340 e. The molecule has 120 valence electrons. The van der Waals surface area contributed by atoms with Crippen molar-refractivity contribution in [1.82, 2.24) is 9.38 Å². The second-order valence-electron chi connectivity index (χ2n) is 5.25. The van der Waals surface area contributed by atoms with E-state index < -0.39 is 0 Å². The molecule has 23 heavy (non-hydrogen) atoms. The molecule has 0 amide bonds. The van der Waals surface area contributed by atoms with E-state index in [1.807, 2.05) is 47.7 Å². The Labute approximate surface area is 150 Å². The Bertz CT molecular complexity index is 919. The number of hydrogen-bond acceptors (Lipinski definition) is 4. The molecule has 0 aliphatic heterocycles. The van der Waals surface area contributed by atoms with E-state index in [0.717, 1.165) is 26.8 Å². The molecule has 0 fully saturated rings. The lowest BCUT2D eigenvalue weighted by molar-refractivity contribution is 0.0525. The van der Waals surface area contributed by atoms with Gasteiger partial charge >= 0.3 is 5.97 Å². The van der Waals surface area contributed by atoms with E-state index in [1.54, 1.807) is 6.92 Å². The van der Waals surface area contributed by atoms with Gasteiger partial charge in [0, 0.05) is 18.6 Å². The van der Waals surface area contributed by atoms with Crippen molar-refractivity contribution in [2.75, 3.05) is 25.6 Å². The van der Waals surface area contributed by atoms with Gasteiger partial charge in [0.05, 0.1) is 28.7 Å². The molecule has 0 saturated heterocycles. The summed E-state index contributed by atoms with van der Waals surface area (Å²) >= 11 is 7.04. The summed E-state index contributed by atoms with van der Waals surface area (Å²) in [6, 6.07) is 7.69. The zero-order chi connectivity index (χ0) is 16.7. The third-order valence-corrected chi connectivity index (χ3v) is 4.77. The van der Waals surface area contributed by atoms with Gasteiger partial charge in [0.1, 0.15) is 4.60 Å². The van der Waals surface area contributed by atoms with E-state index in [9.17, 15) is 4.79 Å². The number of esters is 1. The molecule has 0 N–H and O–H groups in total. The Morgan fingerprint density at radius 1 is 1.26 bits per heavy atom. The molecule has 1 aromatic carbocycles. The van der Waals surface area contributed by atoms with E-state index in [4.69, 9.17) is 9.72 Å². The molecule has 2 aromatic heterocycles. The quantitative estimate of drug-likeness (QED) is 0.571. The Balaban J connectivity index is 2.43. The average molecular weight is 441 g/mol. The molecule has 0 radical (unpaired) electrons. The van der Waals surface area contributed by atoms with E-state index in [-0.39, 0.29) is 5.97 Å². The lowest BCUT2D eigenvalue weighted by atomic mass is 10.3. The highest BCUT2D eigenvalue weighted by molar-refractivity contribution is 9.10. The van der Waals surface area contributed by atoms with Crippen molar-refractivity contribution < 1.29 is 9.53 Å². The fraction of sp³-hybridized carbons (Fsp3) is 0.250. The van der Waals surface area contributed by atoms with Gasteiger partial charge in [0.15, 0.2) is 5.82 Å². The summed E-state index contributed by atoms with van der Waals surface area (Å²) in [5.74, 6) is 0.437. The minimum Gasteiger partial charge on any atom is -0.462 e. The number of nitrogens with zero attached hydrogens (tertiary/aromatic N) is 3. The first-order chi connectivity index (χ1) is 10.9. The van der Waals surface area contributed by atoms with Crippen molar-refractivity contribution in [2.24, 2.45) is 0 Å². The number of benzene rings is 1. The summed E-state index contributed by atoms with van der Waals surface area (Å²) < 4.78 is 8.74. The lowest BCUT2D eigenvalue weighted by Crippen LogP contribution is -2.12. The number of ether oxygens (including phenoxy) is 1. The maximum absolute atomic E-state index is 12.2. The fourth-order valence-electron chi connectivity index (χ4n) is 2.51. The van der Waals surface area contributed by atoms with Crippen LogP contribution in [0.15, 0.2) is 33.3 Å². The van der Waals surface area contributed by atoms with Crippen LogP contribution in [-0.2, 0) is 4.74 Å². The van der Waals surface area contributed by atoms with Crippen LogP contribution in [0, 0.1) is 0 Å². The Hall–Kier alpha value is -1.60. The van der Waals surface area contributed by atoms with Crippen molar-refractivity contribution in [3.05, 3.63) is 38.9 Å². The fourth-order valence-corrected chi connectivity index (χ4v) is 3.52.